The van der Waals surface area contributed by atoms with Gasteiger partial charge in [0.15, 0.2) is 0 Å². The van der Waals surface area contributed by atoms with Crippen LogP contribution in [0, 0.1) is 5.92 Å². The largest absolute Gasteiger partial charge is 0.313 e. The SMILES string of the molecule is CCNCc1ccccc1SC1CCCC(C)C1. The summed E-state index contributed by atoms with van der Waals surface area (Å²) in [7, 11) is 0. The molecule has 1 aromatic rings. The first-order chi connectivity index (χ1) is 8.79. The summed E-state index contributed by atoms with van der Waals surface area (Å²) in [6, 6.07) is 8.87. The van der Waals surface area contributed by atoms with Crippen LogP contribution in [-0.4, -0.2) is 11.8 Å². The third-order valence-electron chi connectivity index (χ3n) is 3.72. The van der Waals surface area contributed by atoms with Crippen LogP contribution in [-0.2, 0) is 6.54 Å². The van der Waals surface area contributed by atoms with Gasteiger partial charge in [0.25, 0.3) is 0 Å². The molecule has 1 saturated carbocycles. The second-order valence-electron chi connectivity index (χ2n) is 5.40. The minimum atomic E-state index is 0.830. The molecule has 0 aromatic heterocycles. The minimum Gasteiger partial charge on any atom is -0.313 e. The summed E-state index contributed by atoms with van der Waals surface area (Å²) in [4.78, 5) is 1.48. The minimum absolute atomic E-state index is 0.830. The van der Waals surface area contributed by atoms with E-state index in [1.807, 2.05) is 0 Å². The molecular weight excluding hydrogens is 238 g/mol. The maximum atomic E-state index is 3.44. The molecule has 100 valence electrons. The van der Waals surface area contributed by atoms with Crippen molar-refractivity contribution in [2.75, 3.05) is 6.54 Å². The zero-order chi connectivity index (χ0) is 12.8. The van der Waals surface area contributed by atoms with Gasteiger partial charge in [0, 0.05) is 16.7 Å². The number of hydrogen-bond donors (Lipinski definition) is 1. The summed E-state index contributed by atoms with van der Waals surface area (Å²) in [5.41, 5.74) is 1.46. The lowest BCUT2D eigenvalue weighted by molar-refractivity contribution is 0.394. The standard InChI is InChI=1S/C16H25NS/c1-3-17-12-14-8-4-5-10-16(14)18-15-9-6-7-13(2)11-15/h4-5,8,10,13,15,17H,3,6-7,9,11-12H2,1-2H3. The Hall–Kier alpha value is -0.470. The Bertz CT molecular complexity index is 364. The summed E-state index contributed by atoms with van der Waals surface area (Å²) in [5, 5.41) is 4.27. The van der Waals surface area contributed by atoms with E-state index in [1.165, 1.54) is 36.1 Å². The molecule has 0 aliphatic heterocycles. The van der Waals surface area contributed by atoms with Gasteiger partial charge in [0.1, 0.15) is 0 Å². The maximum absolute atomic E-state index is 3.44. The van der Waals surface area contributed by atoms with Gasteiger partial charge in [-0.15, -0.1) is 11.8 Å². The fourth-order valence-electron chi connectivity index (χ4n) is 2.69. The van der Waals surface area contributed by atoms with E-state index in [9.17, 15) is 0 Å². The number of rotatable bonds is 5. The summed E-state index contributed by atoms with van der Waals surface area (Å²) in [5.74, 6) is 0.914. The molecule has 0 spiro atoms. The Balaban J connectivity index is 1.99. The van der Waals surface area contributed by atoms with Crippen LogP contribution in [0.5, 0.6) is 0 Å². The molecule has 0 radical (unpaired) electrons. The molecule has 1 aliphatic carbocycles. The molecule has 2 unspecified atom stereocenters. The summed E-state index contributed by atoms with van der Waals surface area (Å²) in [6.45, 7) is 6.61. The smallest absolute Gasteiger partial charge is 0.0216 e. The molecule has 0 bridgehead atoms. The van der Waals surface area contributed by atoms with Gasteiger partial charge in [-0.3, -0.25) is 0 Å². The first-order valence-corrected chi connectivity index (χ1v) is 8.12. The van der Waals surface area contributed by atoms with Crippen molar-refractivity contribution in [3.05, 3.63) is 29.8 Å². The summed E-state index contributed by atoms with van der Waals surface area (Å²) in [6.07, 6.45) is 5.62. The number of hydrogen-bond acceptors (Lipinski definition) is 2. The van der Waals surface area contributed by atoms with Crippen molar-refractivity contribution < 1.29 is 0 Å². The fraction of sp³-hybridized carbons (Fsp3) is 0.625. The summed E-state index contributed by atoms with van der Waals surface area (Å²) < 4.78 is 0. The molecule has 1 nitrogen and oxygen atoms in total. The first kappa shape index (κ1) is 14.0. The van der Waals surface area contributed by atoms with Crippen LogP contribution in [0.2, 0.25) is 0 Å². The predicted molar refractivity (Wildman–Crippen MR) is 81.1 cm³/mol. The monoisotopic (exact) mass is 263 g/mol. The van der Waals surface area contributed by atoms with Crippen LogP contribution in [0.4, 0.5) is 0 Å². The zero-order valence-corrected chi connectivity index (χ0v) is 12.4. The van der Waals surface area contributed by atoms with E-state index in [1.54, 1.807) is 0 Å². The lowest BCUT2D eigenvalue weighted by Crippen LogP contribution is -2.16. The first-order valence-electron chi connectivity index (χ1n) is 7.25. The highest BCUT2D eigenvalue weighted by Crippen LogP contribution is 2.37. The molecule has 1 fully saturated rings. The second kappa shape index (κ2) is 7.20. The van der Waals surface area contributed by atoms with Crippen LogP contribution in [0.25, 0.3) is 0 Å². The molecule has 18 heavy (non-hydrogen) atoms. The molecule has 1 aliphatic rings. The van der Waals surface area contributed by atoms with Crippen LogP contribution in [0.3, 0.4) is 0 Å². The zero-order valence-electron chi connectivity index (χ0n) is 11.6. The number of benzene rings is 1. The summed E-state index contributed by atoms with van der Waals surface area (Å²) >= 11 is 2.11. The molecule has 1 aromatic carbocycles. The van der Waals surface area contributed by atoms with E-state index in [4.69, 9.17) is 0 Å². The van der Waals surface area contributed by atoms with E-state index in [0.717, 1.165) is 24.3 Å². The Kier molecular flexibility index (Phi) is 5.58. The average Bonchev–Trinajstić information content (AvgIpc) is 2.38. The van der Waals surface area contributed by atoms with Gasteiger partial charge in [-0.05, 0) is 36.9 Å². The quantitative estimate of drug-likeness (QED) is 0.841. The van der Waals surface area contributed by atoms with Gasteiger partial charge in [-0.2, -0.15) is 0 Å². The third kappa shape index (κ3) is 4.03. The van der Waals surface area contributed by atoms with Crippen LogP contribution >= 0.6 is 11.8 Å². The molecule has 1 N–H and O–H groups in total. The molecular formula is C16H25NS. The van der Waals surface area contributed by atoms with Gasteiger partial charge in [0.05, 0.1) is 0 Å². The van der Waals surface area contributed by atoms with Crippen molar-refractivity contribution in [3.63, 3.8) is 0 Å². The molecule has 2 atom stereocenters. The molecule has 0 heterocycles. The van der Waals surface area contributed by atoms with Crippen molar-refractivity contribution in [1.82, 2.24) is 5.32 Å². The Morgan fingerprint density at radius 2 is 2.11 bits per heavy atom. The topological polar surface area (TPSA) is 12.0 Å². The normalized spacial score (nSPS) is 24.1. The van der Waals surface area contributed by atoms with Gasteiger partial charge in [0.2, 0.25) is 0 Å². The lowest BCUT2D eigenvalue weighted by Gasteiger charge is -2.26. The van der Waals surface area contributed by atoms with E-state index in [-0.39, 0.29) is 0 Å². The highest BCUT2D eigenvalue weighted by Gasteiger charge is 2.20. The molecule has 2 rings (SSSR count). The third-order valence-corrected chi connectivity index (χ3v) is 5.13. The van der Waals surface area contributed by atoms with Gasteiger partial charge in [-0.25, -0.2) is 0 Å². The van der Waals surface area contributed by atoms with Crippen molar-refractivity contribution in [2.24, 2.45) is 5.92 Å². The van der Waals surface area contributed by atoms with Crippen LogP contribution in [0.15, 0.2) is 29.2 Å². The van der Waals surface area contributed by atoms with Crippen molar-refractivity contribution >= 4 is 11.8 Å². The fourth-order valence-corrected chi connectivity index (χ4v) is 4.21. The van der Waals surface area contributed by atoms with E-state index in [0.29, 0.717) is 0 Å². The predicted octanol–water partition coefficient (Wildman–Crippen LogP) is 4.47. The van der Waals surface area contributed by atoms with E-state index < -0.39 is 0 Å². The molecule has 2 heteroatoms. The second-order valence-corrected chi connectivity index (χ2v) is 6.74. The van der Waals surface area contributed by atoms with Crippen molar-refractivity contribution in [3.8, 4) is 0 Å². The highest BCUT2D eigenvalue weighted by molar-refractivity contribution is 8.00. The Morgan fingerprint density at radius 3 is 2.89 bits per heavy atom. The van der Waals surface area contributed by atoms with E-state index in [2.05, 4.69) is 55.2 Å². The Labute approximate surface area is 116 Å². The lowest BCUT2D eigenvalue weighted by atomic mass is 9.91. The van der Waals surface area contributed by atoms with E-state index >= 15 is 0 Å². The Morgan fingerprint density at radius 1 is 1.28 bits per heavy atom. The average molecular weight is 263 g/mol. The molecule has 0 saturated heterocycles. The van der Waals surface area contributed by atoms with Crippen LogP contribution < -0.4 is 5.32 Å². The number of nitrogens with one attached hydrogen (secondary N) is 1. The van der Waals surface area contributed by atoms with Gasteiger partial charge in [-0.1, -0.05) is 44.9 Å². The van der Waals surface area contributed by atoms with Gasteiger partial charge >= 0.3 is 0 Å². The highest BCUT2D eigenvalue weighted by atomic mass is 32.2. The maximum Gasteiger partial charge on any atom is 0.0216 e. The van der Waals surface area contributed by atoms with Gasteiger partial charge < -0.3 is 5.32 Å². The van der Waals surface area contributed by atoms with Crippen LogP contribution in [0.1, 0.15) is 45.1 Å². The van der Waals surface area contributed by atoms with Crippen molar-refractivity contribution in [1.29, 1.82) is 0 Å². The molecule has 0 amide bonds. The number of thioether (sulfide) groups is 1. The van der Waals surface area contributed by atoms with Crippen molar-refractivity contribution in [2.45, 2.75) is 56.2 Å².